The lowest BCUT2D eigenvalue weighted by Gasteiger charge is -2.24. The second-order valence-electron chi connectivity index (χ2n) is 2.35. The van der Waals surface area contributed by atoms with Crippen LogP contribution in [0.1, 0.15) is 0 Å². The molecule has 0 saturated carbocycles. The monoisotopic (exact) mass is 176 g/mol. The van der Waals surface area contributed by atoms with Crippen LogP contribution in [0, 0.1) is 0 Å². The molecule has 6 heteroatoms. The summed E-state index contributed by atoms with van der Waals surface area (Å²) in [5, 5.41) is 35.1. The fourth-order valence-electron chi connectivity index (χ4n) is 0.854. The summed E-state index contributed by atoms with van der Waals surface area (Å²) in [6.45, 7) is -0.403. The average molecular weight is 176 g/mol. The SMILES string of the molecule is O=C(O)[C@H]1OCC(O)=C(O)[C@@H]1O. The Balaban J connectivity index is 2.83. The minimum Gasteiger partial charge on any atom is -0.506 e. The van der Waals surface area contributed by atoms with E-state index < -0.39 is 36.3 Å². The van der Waals surface area contributed by atoms with Gasteiger partial charge in [0, 0.05) is 0 Å². The molecule has 0 unspecified atom stereocenters. The highest BCUT2D eigenvalue weighted by atomic mass is 16.5. The first-order valence-corrected chi connectivity index (χ1v) is 3.17. The first-order valence-electron chi connectivity index (χ1n) is 3.17. The highest BCUT2D eigenvalue weighted by molar-refractivity contribution is 5.74. The van der Waals surface area contributed by atoms with Gasteiger partial charge in [0.25, 0.3) is 0 Å². The Morgan fingerprint density at radius 3 is 2.58 bits per heavy atom. The van der Waals surface area contributed by atoms with E-state index in [1.165, 1.54) is 0 Å². The Morgan fingerprint density at radius 1 is 1.50 bits per heavy atom. The highest BCUT2D eigenvalue weighted by Crippen LogP contribution is 2.17. The Morgan fingerprint density at radius 2 is 2.08 bits per heavy atom. The van der Waals surface area contributed by atoms with Gasteiger partial charge in [-0.15, -0.1) is 0 Å². The lowest BCUT2D eigenvalue weighted by molar-refractivity contribution is -0.160. The summed E-state index contributed by atoms with van der Waals surface area (Å²) in [6, 6.07) is 0. The molecular formula is C6H8O6. The molecule has 0 bridgehead atoms. The van der Waals surface area contributed by atoms with Gasteiger partial charge in [-0.3, -0.25) is 0 Å². The fourth-order valence-corrected chi connectivity index (χ4v) is 0.854. The van der Waals surface area contributed by atoms with E-state index in [9.17, 15) is 4.79 Å². The summed E-state index contributed by atoms with van der Waals surface area (Å²) in [4.78, 5) is 10.3. The topological polar surface area (TPSA) is 107 Å². The van der Waals surface area contributed by atoms with Gasteiger partial charge < -0.3 is 25.2 Å². The van der Waals surface area contributed by atoms with Crippen molar-refractivity contribution in [1.29, 1.82) is 0 Å². The number of hydrogen-bond donors (Lipinski definition) is 4. The maximum Gasteiger partial charge on any atom is 0.336 e. The van der Waals surface area contributed by atoms with Gasteiger partial charge >= 0.3 is 5.97 Å². The molecule has 1 rings (SSSR count). The maximum atomic E-state index is 10.3. The van der Waals surface area contributed by atoms with Crippen LogP contribution in [0.25, 0.3) is 0 Å². The van der Waals surface area contributed by atoms with Crippen LogP contribution in [0.15, 0.2) is 11.5 Å². The molecule has 6 nitrogen and oxygen atoms in total. The van der Waals surface area contributed by atoms with Gasteiger partial charge in [0.05, 0.1) is 0 Å². The van der Waals surface area contributed by atoms with E-state index in [1.807, 2.05) is 0 Å². The molecule has 1 aliphatic heterocycles. The molecule has 0 aromatic rings. The molecule has 1 heterocycles. The number of rotatable bonds is 1. The second-order valence-corrected chi connectivity index (χ2v) is 2.35. The summed E-state index contributed by atoms with van der Waals surface area (Å²) >= 11 is 0. The third-order valence-electron chi connectivity index (χ3n) is 1.51. The predicted octanol–water partition coefficient (Wildman–Crippen LogP) is -0.842. The van der Waals surface area contributed by atoms with Crippen LogP contribution in [0.2, 0.25) is 0 Å². The molecule has 0 saturated heterocycles. The van der Waals surface area contributed by atoms with Gasteiger partial charge in [-0.05, 0) is 0 Å². The first-order chi connectivity index (χ1) is 5.54. The van der Waals surface area contributed by atoms with E-state index in [0.717, 1.165) is 0 Å². The van der Waals surface area contributed by atoms with Crippen molar-refractivity contribution in [2.75, 3.05) is 6.61 Å². The van der Waals surface area contributed by atoms with E-state index in [2.05, 4.69) is 4.74 Å². The third-order valence-corrected chi connectivity index (χ3v) is 1.51. The zero-order valence-corrected chi connectivity index (χ0v) is 5.97. The summed E-state index contributed by atoms with van der Waals surface area (Å²) in [7, 11) is 0. The minimum absolute atomic E-state index is 0.403. The quantitative estimate of drug-likeness (QED) is 0.415. The molecule has 0 aromatic heterocycles. The molecule has 0 radical (unpaired) electrons. The van der Waals surface area contributed by atoms with E-state index in [4.69, 9.17) is 20.4 Å². The lowest BCUT2D eigenvalue weighted by atomic mass is 10.1. The van der Waals surface area contributed by atoms with Crippen LogP contribution in [-0.2, 0) is 9.53 Å². The molecule has 12 heavy (non-hydrogen) atoms. The second kappa shape index (κ2) is 3.00. The number of ether oxygens (including phenoxy) is 1. The van der Waals surface area contributed by atoms with Crippen molar-refractivity contribution in [2.24, 2.45) is 0 Å². The van der Waals surface area contributed by atoms with Gasteiger partial charge in [0.15, 0.2) is 23.7 Å². The fraction of sp³-hybridized carbons (Fsp3) is 0.500. The zero-order valence-electron chi connectivity index (χ0n) is 5.97. The van der Waals surface area contributed by atoms with E-state index in [0.29, 0.717) is 0 Å². The average Bonchev–Trinajstić information content (AvgIpc) is 2.00. The van der Waals surface area contributed by atoms with Crippen LogP contribution < -0.4 is 0 Å². The Kier molecular flexibility index (Phi) is 2.20. The van der Waals surface area contributed by atoms with Gasteiger partial charge in [0.1, 0.15) is 6.61 Å². The largest absolute Gasteiger partial charge is 0.506 e. The predicted molar refractivity (Wildman–Crippen MR) is 35.7 cm³/mol. The normalized spacial score (nSPS) is 30.4. The molecule has 1 aliphatic rings. The van der Waals surface area contributed by atoms with E-state index >= 15 is 0 Å². The number of hydrogen-bond acceptors (Lipinski definition) is 5. The Hall–Kier alpha value is -1.27. The van der Waals surface area contributed by atoms with Gasteiger partial charge in [0.2, 0.25) is 0 Å². The number of aliphatic hydroxyl groups excluding tert-OH is 3. The molecule has 68 valence electrons. The maximum absolute atomic E-state index is 10.3. The van der Waals surface area contributed by atoms with Crippen LogP contribution in [-0.4, -0.2) is 45.2 Å². The number of aliphatic hydroxyl groups is 3. The smallest absolute Gasteiger partial charge is 0.336 e. The molecule has 0 spiro atoms. The van der Waals surface area contributed by atoms with E-state index in [1.54, 1.807) is 0 Å². The van der Waals surface area contributed by atoms with Crippen molar-refractivity contribution in [3.63, 3.8) is 0 Å². The summed E-state index contributed by atoms with van der Waals surface area (Å²) in [5.74, 6) is -2.67. The van der Waals surface area contributed by atoms with Crippen molar-refractivity contribution in [3.05, 3.63) is 11.5 Å². The molecule has 0 aromatic carbocycles. The van der Waals surface area contributed by atoms with Crippen LogP contribution in [0.3, 0.4) is 0 Å². The number of carboxylic acid groups (broad SMARTS) is 1. The zero-order chi connectivity index (χ0) is 9.30. The number of carboxylic acids is 1. The standard InChI is InChI=1S/C6H8O6/c7-2-1-12-5(6(10)11)4(9)3(2)8/h4-5,7-9H,1H2,(H,10,11)/t4-,5-/m0/s1. The highest BCUT2D eigenvalue weighted by Gasteiger charge is 2.36. The van der Waals surface area contributed by atoms with Crippen molar-refractivity contribution in [3.8, 4) is 0 Å². The van der Waals surface area contributed by atoms with Crippen LogP contribution in [0.5, 0.6) is 0 Å². The van der Waals surface area contributed by atoms with Gasteiger partial charge in [-0.2, -0.15) is 0 Å². The van der Waals surface area contributed by atoms with Crippen molar-refractivity contribution in [2.45, 2.75) is 12.2 Å². The molecule has 2 atom stereocenters. The minimum atomic E-state index is -1.70. The molecule has 0 fully saturated rings. The number of aliphatic carboxylic acids is 1. The van der Waals surface area contributed by atoms with Crippen molar-refractivity contribution < 1.29 is 30.0 Å². The first kappa shape index (κ1) is 8.82. The Bertz CT molecular complexity index is 232. The molecule has 0 amide bonds. The van der Waals surface area contributed by atoms with Crippen LogP contribution in [0.4, 0.5) is 0 Å². The number of carbonyl (C=O) groups is 1. The third kappa shape index (κ3) is 1.34. The van der Waals surface area contributed by atoms with Crippen LogP contribution >= 0.6 is 0 Å². The van der Waals surface area contributed by atoms with Gasteiger partial charge in [-0.1, -0.05) is 0 Å². The van der Waals surface area contributed by atoms with Gasteiger partial charge in [-0.25, -0.2) is 4.79 Å². The Labute approximate surface area is 67.3 Å². The van der Waals surface area contributed by atoms with E-state index in [-0.39, 0.29) is 0 Å². The lowest BCUT2D eigenvalue weighted by Crippen LogP contribution is -2.42. The molecule has 4 N–H and O–H groups in total. The molecule has 0 aliphatic carbocycles. The summed E-state index contributed by atoms with van der Waals surface area (Å²) in [5.41, 5.74) is 0. The van der Waals surface area contributed by atoms with Crippen molar-refractivity contribution >= 4 is 5.97 Å². The summed E-state index contributed by atoms with van der Waals surface area (Å²) < 4.78 is 4.52. The summed E-state index contributed by atoms with van der Waals surface area (Å²) in [6.07, 6.45) is -3.21. The molecular weight excluding hydrogens is 168 g/mol. The van der Waals surface area contributed by atoms with Crippen molar-refractivity contribution in [1.82, 2.24) is 0 Å².